The molecule has 2 aromatic rings. The molecule has 0 radical (unpaired) electrons. The van der Waals surface area contributed by atoms with Crippen LogP contribution in [0, 0.1) is 21.3 Å². The first-order chi connectivity index (χ1) is 19.7. The molecule has 1 saturated heterocycles. The molecule has 2 N–H and O–H groups in total. The van der Waals surface area contributed by atoms with E-state index >= 15 is 0 Å². The molecule has 41 heavy (non-hydrogen) atoms. The third kappa shape index (κ3) is 6.30. The summed E-state index contributed by atoms with van der Waals surface area (Å²) in [5, 5.41) is 0. The second-order valence-corrected chi connectivity index (χ2v) is 11.0. The maximum atomic E-state index is 13.3. The molecule has 1 aromatic heterocycles. The maximum absolute atomic E-state index is 13.3. The fourth-order valence-electron chi connectivity index (χ4n) is 5.15. The minimum absolute atomic E-state index is 0.00630. The summed E-state index contributed by atoms with van der Waals surface area (Å²) in [6.45, 7) is 11.3. The predicted octanol–water partition coefficient (Wildman–Crippen LogP) is 3.34. The number of halogens is 1. The van der Waals surface area contributed by atoms with E-state index in [2.05, 4.69) is 35.7 Å². The Morgan fingerprint density at radius 2 is 1.95 bits per heavy atom. The summed E-state index contributed by atoms with van der Waals surface area (Å²) in [5.74, 6) is -2.12. The molecule has 3 heterocycles. The summed E-state index contributed by atoms with van der Waals surface area (Å²) in [6, 6.07) is 11.1. The Kier molecular flexibility index (Phi) is 9.81. The van der Waals surface area contributed by atoms with Crippen molar-refractivity contribution in [3.63, 3.8) is 0 Å². The Morgan fingerprint density at radius 3 is 2.63 bits per heavy atom. The number of hydrogen-bond acceptors (Lipinski definition) is 8. The number of nitrogens with two attached hydrogens (primary N) is 1. The number of rotatable bonds is 13. The fraction of sp³-hybridized carbons (Fsp3) is 0.333. The SMILES string of the molecule is C=CCOOC(=O)C(C)C1C(=O)N2C(C(=O)OCC=C)=C(COc3ccc(C[n+]4ccccc4N)cc3I)[C@H](C)C12. The van der Waals surface area contributed by atoms with E-state index in [1.807, 2.05) is 54.1 Å². The number of ether oxygens (including phenoxy) is 2. The molecule has 2 aliphatic heterocycles. The molecule has 1 aromatic carbocycles. The van der Waals surface area contributed by atoms with Crippen molar-refractivity contribution in [1.29, 1.82) is 0 Å². The Morgan fingerprint density at radius 1 is 1.20 bits per heavy atom. The molecule has 3 unspecified atom stereocenters. The highest BCUT2D eigenvalue weighted by atomic mass is 127. The number of nitrogen functional groups attached to an aromatic ring is 1. The fourth-order valence-corrected chi connectivity index (χ4v) is 5.89. The van der Waals surface area contributed by atoms with Crippen molar-refractivity contribution in [3.8, 4) is 5.75 Å². The number of hydrogen-bond donors (Lipinski definition) is 1. The average Bonchev–Trinajstić information content (AvgIpc) is 3.20. The van der Waals surface area contributed by atoms with Crippen LogP contribution in [0.4, 0.5) is 5.82 Å². The number of anilines is 1. The number of aromatic nitrogens is 1. The van der Waals surface area contributed by atoms with Crippen LogP contribution in [0.5, 0.6) is 5.75 Å². The van der Waals surface area contributed by atoms with Gasteiger partial charge in [0.25, 0.3) is 5.82 Å². The normalized spacial score (nSPS) is 20.1. The molecule has 1 fully saturated rings. The summed E-state index contributed by atoms with van der Waals surface area (Å²) >= 11 is 2.20. The first kappa shape index (κ1) is 30.3. The molecular weight excluding hydrogens is 641 g/mol. The highest BCUT2D eigenvalue weighted by Gasteiger charge is 2.61. The lowest BCUT2D eigenvalue weighted by atomic mass is 9.74. The first-order valence-electron chi connectivity index (χ1n) is 13.1. The van der Waals surface area contributed by atoms with Gasteiger partial charge in [-0.1, -0.05) is 44.7 Å². The zero-order valence-electron chi connectivity index (χ0n) is 23.0. The van der Waals surface area contributed by atoms with Crippen LogP contribution in [0.25, 0.3) is 0 Å². The summed E-state index contributed by atoms with van der Waals surface area (Å²) < 4.78 is 14.3. The number of pyridine rings is 1. The molecule has 0 aliphatic carbocycles. The van der Waals surface area contributed by atoms with Gasteiger partial charge in [-0.05, 0) is 46.4 Å². The molecule has 11 heteroatoms. The highest BCUT2D eigenvalue weighted by molar-refractivity contribution is 14.1. The lowest BCUT2D eigenvalue weighted by Crippen LogP contribution is -2.63. The zero-order valence-corrected chi connectivity index (χ0v) is 25.1. The number of β-lactam (4-membered cyclic amide) rings is 1. The summed E-state index contributed by atoms with van der Waals surface area (Å²) in [4.78, 5) is 50.0. The smallest absolute Gasteiger partial charge is 0.355 e. The van der Waals surface area contributed by atoms with E-state index < -0.39 is 29.8 Å². The van der Waals surface area contributed by atoms with Crippen LogP contribution in [-0.4, -0.2) is 48.6 Å². The third-order valence-electron chi connectivity index (χ3n) is 7.27. The van der Waals surface area contributed by atoms with Gasteiger partial charge in [-0.25, -0.2) is 14.2 Å². The van der Waals surface area contributed by atoms with Crippen molar-refractivity contribution >= 4 is 46.3 Å². The maximum Gasteiger partial charge on any atom is 0.355 e. The second-order valence-electron chi connectivity index (χ2n) is 9.85. The monoisotopic (exact) mass is 674 g/mol. The number of amides is 1. The van der Waals surface area contributed by atoms with Crippen LogP contribution in [-0.2, 0) is 35.4 Å². The van der Waals surface area contributed by atoms with Gasteiger partial charge >= 0.3 is 11.9 Å². The highest BCUT2D eigenvalue weighted by Crippen LogP contribution is 2.49. The molecule has 4 atom stereocenters. The Balaban J connectivity index is 1.52. The topological polar surface area (TPSA) is 121 Å². The molecule has 0 saturated carbocycles. The minimum Gasteiger partial charge on any atom is -0.488 e. The van der Waals surface area contributed by atoms with Crippen molar-refractivity contribution in [2.75, 3.05) is 25.6 Å². The zero-order chi connectivity index (χ0) is 29.7. The van der Waals surface area contributed by atoms with Crippen molar-refractivity contribution in [2.24, 2.45) is 17.8 Å². The van der Waals surface area contributed by atoms with Gasteiger partial charge in [-0.15, -0.1) is 6.58 Å². The van der Waals surface area contributed by atoms with E-state index in [-0.39, 0.29) is 37.3 Å². The second kappa shape index (κ2) is 13.3. The molecule has 10 nitrogen and oxygen atoms in total. The van der Waals surface area contributed by atoms with Crippen LogP contribution < -0.4 is 15.0 Å². The van der Waals surface area contributed by atoms with Crippen molar-refractivity contribution in [3.05, 3.63) is 88.3 Å². The molecule has 0 spiro atoms. The molecule has 0 bridgehead atoms. The van der Waals surface area contributed by atoms with Gasteiger partial charge in [0.05, 0.1) is 27.6 Å². The first-order valence-corrected chi connectivity index (χ1v) is 14.2. The number of fused-ring (bicyclic) bond motifs is 1. The van der Waals surface area contributed by atoms with Crippen molar-refractivity contribution in [1.82, 2.24) is 4.90 Å². The Labute approximate surface area is 252 Å². The van der Waals surface area contributed by atoms with Crippen LogP contribution in [0.2, 0.25) is 0 Å². The molecule has 2 aliphatic rings. The van der Waals surface area contributed by atoms with Crippen molar-refractivity contribution < 1.29 is 38.2 Å². The van der Waals surface area contributed by atoms with E-state index in [1.54, 1.807) is 6.92 Å². The standard InChI is InChI=1S/C30H32IN3O7/c1-5-13-38-30(37)27-21(18(3)26-25(28(35)34(26)27)19(4)29(36)41-40-14-6-2)17-39-23-11-10-20(15-22(23)31)16-33-12-8-7-9-24(33)32/h5-12,15,18-19,25-26,32H,1-2,13-14,16-17H2,3-4H3/p+1/t18-,19?,25?,26?/m0/s1. The van der Waals surface area contributed by atoms with Gasteiger partial charge in [0, 0.05) is 17.6 Å². The van der Waals surface area contributed by atoms with Crippen LogP contribution in [0.1, 0.15) is 19.4 Å². The van der Waals surface area contributed by atoms with Gasteiger partial charge < -0.3 is 14.4 Å². The lowest BCUT2D eigenvalue weighted by molar-refractivity contribution is -0.674. The molecule has 216 valence electrons. The van der Waals surface area contributed by atoms with Gasteiger partial charge in [0.2, 0.25) is 5.91 Å². The summed E-state index contributed by atoms with van der Waals surface area (Å²) in [5.41, 5.74) is 7.88. The summed E-state index contributed by atoms with van der Waals surface area (Å²) in [6.07, 6.45) is 4.82. The Bertz CT molecular complexity index is 1390. The van der Waals surface area contributed by atoms with Gasteiger partial charge in [0.1, 0.15) is 37.8 Å². The molecule has 4 rings (SSSR count). The largest absolute Gasteiger partial charge is 0.488 e. The van der Waals surface area contributed by atoms with Crippen LogP contribution in [0.15, 0.2) is 79.2 Å². The van der Waals surface area contributed by atoms with E-state index in [0.29, 0.717) is 23.7 Å². The van der Waals surface area contributed by atoms with E-state index in [1.165, 1.54) is 17.1 Å². The predicted molar refractivity (Wildman–Crippen MR) is 158 cm³/mol. The van der Waals surface area contributed by atoms with Crippen LogP contribution in [0.3, 0.4) is 0 Å². The minimum atomic E-state index is -0.785. The molecule has 1 amide bonds. The van der Waals surface area contributed by atoms with Gasteiger partial charge in [-0.2, -0.15) is 4.89 Å². The number of benzene rings is 1. The van der Waals surface area contributed by atoms with Gasteiger partial charge in [0.15, 0.2) is 0 Å². The number of carbonyl (C=O) groups excluding carboxylic acids is 3. The van der Waals surface area contributed by atoms with Crippen LogP contribution >= 0.6 is 22.6 Å². The Hall–Kier alpha value is -3.71. The number of carbonyl (C=O) groups is 3. The third-order valence-corrected chi connectivity index (χ3v) is 8.11. The van der Waals surface area contributed by atoms with E-state index in [9.17, 15) is 14.4 Å². The molecular formula is C30H33IN3O7+. The van der Waals surface area contributed by atoms with E-state index in [4.69, 9.17) is 25.0 Å². The van der Waals surface area contributed by atoms with Gasteiger partial charge in [-0.3, -0.25) is 15.4 Å². The van der Waals surface area contributed by atoms with Crippen molar-refractivity contribution in [2.45, 2.75) is 26.4 Å². The quantitative estimate of drug-likeness (QED) is 0.0503. The van der Waals surface area contributed by atoms with E-state index in [0.717, 1.165) is 9.13 Å². The number of esters is 1. The summed E-state index contributed by atoms with van der Waals surface area (Å²) in [7, 11) is 0. The number of nitrogens with zero attached hydrogens (tertiary/aromatic N) is 2. The lowest BCUT2D eigenvalue weighted by Gasteiger charge is -2.47. The average molecular weight is 675 g/mol.